The number of nitrogens with zero attached hydrogens (tertiary/aromatic N) is 4. The third-order valence-corrected chi connectivity index (χ3v) is 3.97. The molecule has 0 radical (unpaired) electrons. The second kappa shape index (κ2) is 10.7. The molecule has 0 saturated carbocycles. The Morgan fingerprint density at radius 1 is 1.39 bits per heavy atom. The maximum atomic E-state index is 10.5. The molecule has 2 aromatic rings. The summed E-state index contributed by atoms with van der Waals surface area (Å²) in [7, 11) is 0. The molecule has 1 aromatic carbocycles. The lowest BCUT2D eigenvalue weighted by atomic mass is 10.3. The van der Waals surface area contributed by atoms with E-state index in [4.69, 9.17) is 27.2 Å². The van der Waals surface area contributed by atoms with Gasteiger partial charge in [-0.2, -0.15) is 4.98 Å². The van der Waals surface area contributed by atoms with E-state index in [2.05, 4.69) is 20.2 Å². The zero-order valence-corrected chi connectivity index (χ0v) is 16.2. The first-order chi connectivity index (χ1) is 13.3. The zero-order valence-electron chi connectivity index (χ0n) is 15.4. The molecule has 1 unspecified atom stereocenters. The fourth-order valence-corrected chi connectivity index (χ4v) is 2.54. The fourth-order valence-electron chi connectivity index (χ4n) is 2.41. The predicted octanol–water partition coefficient (Wildman–Crippen LogP) is 2.06. The average molecular weight is 411 g/mol. The molecule has 2 heterocycles. The van der Waals surface area contributed by atoms with Gasteiger partial charge in [-0.1, -0.05) is 11.6 Å². The first-order valence-electron chi connectivity index (χ1n) is 8.63. The summed E-state index contributed by atoms with van der Waals surface area (Å²) in [6, 6.07) is 6.84. The summed E-state index contributed by atoms with van der Waals surface area (Å²) >= 11 is 5.74. The molecule has 1 saturated heterocycles. The Kier molecular flexibility index (Phi) is 8.33. The van der Waals surface area contributed by atoms with Crippen LogP contribution in [-0.4, -0.2) is 63.8 Å². The average Bonchev–Trinajstić information content (AvgIpc) is 2.64. The van der Waals surface area contributed by atoms with Crippen molar-refractivity contribution >= 4 is 34.7 Å². The van der Waals surface area contributed by atoms with E-state index in [9.17, 15) is 10.1 Å². The van der Waals surface area contributed by atoms with E-state index in [-0.39, 0.29) is 23.6 Å². The van der Waals surface area contributed by atoms with Crippen LogP contribution in [0.25, 0.3) is 0 Å². The van der Waals surface area contributed by atoms with Gasteiger partial charge in [0.15, 0.2) is 0 Å². The third kappa shape index (κ3) is 7.24. The Bertz CT molecular complexity index is 769. The van der Waals surface area contributed by atoms with Crippen LogP contribution in [0.5, 0.6) is 0 Å². The molecule has 28 heavy (non-hydrogen) atoms. The molecule has 0 amide bonds. The number of β-amino-alcohol motifs (C(OH)–C–C–N with tert-alkyl or cyclic N) is 1. The van der Waals surface area contributed by atoms with Crippen molar-refractivity contribution < 1.29 is 14.8 Å². The summed E-state index contributed by atoms with van der Waals surface area (Å²) in [6.07, 6.45) is 0.846. The molecule has 1 fully saturated rings. The molecule has 10 nitrogen and oxygen atoms in total. The molecule has 0 aliphatic carbocycles. The van der Waals surface area contributed by atoms with Crippen molar-refractivity contribution in [2.24, 2.45) is 0 Å². The Morgan fingerprint density at radius 3 is 2.57 bits per heavy atom. The number of hydrogen-bond acceptors (Lipinski definition) is 9. The summed E-state index contributed by atoms with van der Waals surface area (Å²) in [5, 5.41) is 23.0. The van der Waals surface area contributed by atoms with E-state index < -0.39 is 4.92 Å². The lowest BCUT2D eigenvalue weighted by Gasteiger charge is -2.27. The molecular weight excluding hydrogens is 388 g/mol. The molecule has 1 aliphatic heterocycles. The van der Waals surface area contributed by atoms with Crippen LogP contribution >= 0.6 is 11.6 Å². The monoisotopic (exact) mass is 410 g/mol. The number of nitrogens with one attached hydrogen (secondary N) is 1. The number of morpholine rings is 1. The van der Waals surface area contributed by atoms with Crippen molar-refractivity contribution in [3.05, 3.63) is 45.6 Å². The van der Waals surface area contributed by atoms with Crippen molar-refractivity contribution in [1.82, 2.24) is 14.9 Å². The van der Waals surface area contributed by atoms with Gasteiger partial charge >= 0.3 is 5.69 Å². The second-order valence-corrected chi connectivity index (χ2v) is 6.55. The number of aromatic nitrogens is 2. The summed E-state index contributed by atoms with van der Waals surface area (Å²) in [5.74, 6) is -0.00751. The van der Waals surface area contributed by atoms with Crippen LogP contribution in [0, 0.1) is 10.1 Å². The van der Waals surface area contributed by atoms with Gasteiger partial charge < -0.3 is 20.9 Å². The number of benzene rings is 1. The molecule has 0 bridgehead atoms. The Morgan fingerprint density at radius 2 is 2.04 bits per heavy atom. The Hall–Kier alpha value is -2.53. The van der Waals surface area contributed by atoms with Crippen molar-refractivity contribution in [2.75, 3.05) is 43.9 Å². The van der Waals surface area contributed by atoms with Crippen molar-refractivity contribution in [1.29, 1.82) is 0 Å². The second-order valence-electron chi connectivity index (χ2n) is 6.12. The maximum absolute atomic E-state index is 10.5. The number of nitrogens with two attached hydrogens (primary N) is 1. The number of aliphatic hydroxyl groups is 1. The van der Waals surface area contributed by atoms with E-state index in [1.54, 1.807) is 24.3 Å². The van der Waals surface area contributed by atoms with Gasteiger partial charge in [0.25, 0.3) is 0 Å². The lowest BCUT2D eigenvalue weighted by molar-refractivity contribution is -0.384. The first kappa shape index (κ1) is 21.8. The number of halogens is 1. The molecule has 0 spiro atoms. The van der Waals surface area contributed by atoms with Crippen LogP contribution in [-0.2, 0) is 4.74 Å². The highest BCUT2D eigenvalue weighted by molar-refractivity contribution is 6.30. The molecule has 3 rings (SSSR count). The van der Waals surface area contributed by atoms with Gasteiger partial charge in [-0.05, 0) is 31.2 Å². The normalized spacial score (nSPS) is 15.2. The largest absolute Gasteiger partial charge is 0.392 e. The van der Waals surface area contributed by atoms with E-state index in [0.29, 0.717) is 10.7 Å². The molecule has 152 valence electrons. The van der Waals surface area contributed by atoms with E-state index >= 15 is 0 Å². The van der Waals surface area contributed by atoms with E-state index in [1.165, 1.54) is 0 Å². The van der Waals surface area contributed by atoms with Crippen LogP contribution in [0.4, 0.5) is 23.1 Å². The van der Waals surface area contributed by atoms with Gasteiger partial charge in [-0.25, -0.2) is 4.98 Å². The number of nitrogen functional groups attached to an aromatic ring is 1. The summed E-state index contributed by atoms with van der Waals surface area (Å²) in [4.78, 5) is 19.7. The van der Waals surface area contributed by atoms with Crippen LogP contribution in [0.2, 0.25) is 5.02 Å². The standard InChI is InChI=1S/C10H8ClN5O2.C7H15NO2/c11-6-1-3-7(4-2-6)14-10-13-5-8(16(17)18)9(12)15-10;1-7(9)6-8-2-4-10-5-3-8/h1-5H,(H3,12,13,14,15);7,9H,2-6H2,1H3. The Balaban J connectivity index is 0.000000237. The summed E-state index contributed by atoms with van der Waals surface area (Å²) in [6.45, 7) is 6.15. The number of aliphatic hydroxyl groups excluding tert-OH is 1. The lowest BCUT2D eigenvalue weighted by Crippen LogP contribution is -2.40. The third-order valence-electron chi connectivity index (χ3n) is 3.72. The minimum atomic E-state index is -0.637. The van der Waals surface area contributed by atoms with Gasteiger partial charge in [0.1, 0.15) is 6.20 Å². The molecule has 4 N–H and O–H groups in total. The van der Waals surface area contributed by atoms with Crippen LogP contribution in [0.15, 0.2) is 30.5 Å². The minimum absolute atomic E-state index is 0.181. The van der Waals surface area contributed by atoms with Gasteiger partial charge in [0.2, 0.25) is 11.8 Å². The van der Waals surface area contributed by atoms with Crippen molar-refractivity contribution in [3.8, 4) is 0 Å². The fraction of sp³-hybridized carbons (Fsp3) is 0.412. The van der Waals surface area contributed by atoms with Crippen molar-refractivity contribution in [3.63, 3.8) is 0 Å². The van der Waals surface area contributed by atoms with Crippen LogP contribution in [0.3, 0.4) is 0 Å². The number of nitro groups is 1. The number of ether oxygens (including phenoxy) is 1. The number of anilines is 3. The highest BCUT2D eigenvalue weighted by Gasteiger charge is 2.14. The maximum Gasteiger partial charge on any atom is 0.329 e. The smallest absolute Gasteiger partial charge is 0.329 e. The zero-order chi connectivity index (χ0) is 20.5. The first-order valence-corrected chi connectivity index (χ1v) is 9.00. The summed E-state index contributed by atoms with van der Waals surface area (Å²) < 4.78 is 5.16. The minimum Gasteiger partial charge on any atom is -0.392 e. The topological polar surface area (TPSA) is 140 Å². The van der Waals surface area contributed by atoms with Gasteiger partial charge in [0.05, 0.1) is 24.2 Å². The van der Waals surface area contributed by atoms with Crippen LogP contribution in [0.1, 0.15) is 6.92 Å². The van der Waals surface area contributed by atoms with E-state index in [0.717, 1.165) is 39.0 Å². The SMILES string of the molecule is CC(O)CN1CCOCC1.Nc1nc(Nc2ccc(Cl)cc2)ncc1[N+](=O)[O-]. The van der Waals surface area contributed by atoms with Gasteiger partial charge in [-0.3, -0.25) is 15.0 Å². The van der Waals surface area contributed by atoms with Gasteiger partial charge in [0, 0.05) is 30.3 Å². The molecular formula is C17H23ClN6O4. The Labute approximate surface area is 167 Å². The molecule has 1 aliphatic rings. The quantitative estimate of drug-likeness (QED) is 0.499. The van der Waals surface area contributed by atoms with Crippen LogP contribution < -0.4 is 11.1 Å². The molecule has 1 aromatic heterocycles. The predicted molar refractivity (Wildman–Crippen MR) is 107 cm³/mol. The highest BCUT2D eigenvalue weighted by Crippen LogP contribution is 2.21. The number of hydrogen-bond donors (Lipinski definition) is 3. The van der Waals surface area contributed by atoms with Gasteiger partial charge in [-0.15, -0.1) is 0 Å². The molecule has 11 heteroatoms. The van der Waals surface area contributed by atoms with Crippen molar-refractivity contribution in [2.45, 2.75) is 13.0 Å². The number of rotatable bonds is 5. The molecule has 1 atom stereocenters. The highest BCUT2D eigenvalue weighted by atomic mass is 35.5. The summed E-state index contributed by atoms with van der Waals surface area (Å²) in [5.41, 5.74) is 5.83. The van der Waals surface area contributed by atoms with E-state index in [1.807, 2.05) is 6.92 Å².